The maximum absolute atomic E-state index is 13.1. The highest BCUT2D eigenvalue weighted by molar-refractivity contribution is 6.11. The molecule has 3 aromatic rings. The Morgan fingerprint density at radius 3 is 2.00 bits per heavy atom. The highest BCUT2D eigenvalue weighted by Crippen LogP contribution is 2.34. The maximum Gasteiger partial charge on any atom is 0.366 e. The first kappa shape index (κ1) is 24.0. The third-order valence-electron chi connectivity index (χ3n) is 4.65. The number of carbonyl (C=O) groups is 3. The zero-order valence-electron chi connectivity index (χ0n) is 19.1. The Hall–Kier alpha value is -4.61. The monoisotopic (exact) mass is 466 g/mol. The van der Waals surface area contributed by atoms with E-state index in [1.54, 1.807) is 20.8 Å². The van der Waals surface area contributed by atoms with Crippen LogP contribution in [0.4, 0.5) is 5.69 Å². The Morgan fingerprint density at radius 1 is 0.882 bits per heavy atom. The number of hydrogen-bond acceptors (Lipinski definition) is 10. The van der Waals surface area contributed by atoms with Crippen molar-refractivity contribution in [3.8, 4) is 17.2 Å². The van der Waals surface area contributed by atoms with E-state index in [9.17, 15) is 14.4 Å². The first-order valence-corrected chi connectivity index (χ1v) is 9.88. The molecule has 12 heteroatoms. The topological polar surface area (TPSA) is 169 Å². The van der Waals surface area contributed by atoms with Crippen molar-refractivity contribution in [1.29, 1.82) is 0 Å². The van der Waals surface area contributed by atoms with Crippen molar-refractivity contribution in [3.63, 3.8) is 0 Å². The molecule has 0 bridgehead atoms. The minimum Gasteiger partial charge on any atom is -0.493 e. The van der Waals surface area contributed by atoms with Crippen LogP contribution in [0.5, 0.6) is 17.2 Å². The molecule has 0 fully saturated rings. The Kier molecular flexibility index (Phi) is 7.00. The van der Waals surface area contributed by atoms with Gasteiger partial charge in [-0.15, -0.1) is 0 Å². The average molecular weight is 466 g/mol. The number of nitrogens with one attached hydrogen (secondary N) is 1. The average Bonchev–Trinajstić information content (AvgIpc) is 2.80. The summed E-state index contributed by atoms with van der Waals surface area (Å²) in [5.74, 6) is -1.74. The van der Waals surface area contributed by atoms with Crippen molar-refractivity contribution in [2.45, 2.75) is 20.8 Å². The maximum atomic E-state index is 13.1. The van der Waals surface area contributed by atoms with E-state index in [-0.39, 0.29) is 39.9 Å². The van der Waals surface area contributed by atoms with Gasteiger partial charge in [0.05, 0.1) is 37.9 Å². The van der Waals surface area contributed by atoms with E-state index in [1.807, 2.05) is 0 Å². The molecule has 0 unspecified atom stereocenters. The smallest absolute Gasteiger partial charge is 0.366 e. The number of nitrogens with zero attached hydrogens (tertiary/aromatic N) is 4. The lowest BCUT2D eigenvalue weighted by Crippen LogP contribution is -2.22. The van der Waals surface area contributed by atoms with Gasteiger partial charge in [0.25, 0.3) is 11.8 Å². The van der Waals surface area contributed by atoms with Crippen molar-refractivity contribution < 1.29 is 28.6 Å². The molecule has 0 saturated heterocycles. The number of ether oxygens (including phenoxy) is 3. The van der Waals surface area contributed by atoms with Crippen molar-refractivity contribution >= 4 is 23.5 Å². The molecule has 3 N–H and O–H groups in total. The highest BCUT2D eigenvalue weighted by atomic mass is 16.5. The van der Waals surface area contributed by atoms with Crippen LogP contribution in [-0.4, -0.2) is 51.9 Å². The van der Waals surface area contributed by atoms with Gasteiger partial charge in [0.15, 0.2) is 28.6 Å². The highest BCUT2D eigenvalue weighted by Gasteiger charge is 2.26. The molecule has 2 amide bonds. The number of anilines is 1. The molecule has 1 aromatic carbocycles. The Morgan fingerprint density at radius 2 is 1.44 bits per heavy atom. The molecule has 0 aliphatic heterocycles. The fraction of sp³-hybridized carbons (Fsp3) is 0.227. The molecule has 12 nitrogen and oxygen atoms in total. The second kappa shape index (κ2) is 9.90. The zero-order chi connectivity index (χ0) is 25.0. The summed E-state index contributed by atoms with van der Waals surface area (Å²) in [6.07, 6.45) is 2.67. The molecule has 0 aliphatic rings. The van der Waals surface area contributed by atoms with Crippen LogP contribution < -0.4 is 25.3 Å². The van der Waals surface area contributed by atoms with E-state index in [2.05, 4.69) is 25.3 Å². The van der Waals surface area contributed by atoms with Gasteiger partial charge in [-0.05, 0) is 32.4 Å². The fourth-order valence-electron chi connectivity index (χ4n) is 2.99. The summed E-state index contributed by atoms with van der Waals surface area (Å²) < 4.78 is 15.9. The lowest BCUT2D eigenvalue weighted by molar-refractivity contribution is 0.0721. The number of rotatable bonds is 7. The summed E-state index contributed by atoms with van der Waals surface area (Å²) >= 11 is 0. The molecule has 2 aromatic heterocycles. The molecule has 0 spiro atoms. The molecule has 0 aliphatic carbocycles. The van der Waals surface area contributed by atoms with E-state index >= 15 is 0 Å². The molecule has 34 heavy (non-hydrogen) atoms. The number of amides is 2. The van der Waals surface area contributed by atoms with Gasteiger partial charge in [-0.3, -0.25) is 9.59 Å². The van der Waals surface area contributed by atoms with Gasteiger partial charge in [0, 0.05) is 0 Å². The lowest BCUT2D eigenvalue weighted by atomic mass is 10.1. The minimum absolute atomic E-state index is 0.0858. The number of primary amides is 1. The second-order valence-electron chi connectivity index (χ2n) is 7.01. The van der Waals surface area contributed by atoms with Crippen LogP contribution in [0.25, 0.3) is 0 Å². The fourth-order valence-corrected chi connectivity index (χ4v) is 2.99. The van der Waals surface area contributed by atoms with Gasteiger partial charge >= 0.3 is 5.97 Å². The van der Waals surface area contributed by atoms with Crippen molar-refractivity contribution in [1.82, 2.24) is 19.9 Å². The first-order chi connectivity index (χ1) is 16.2. The van der Waals surface area contributed by atoms with Gasteiger partial charge in [-0.25, -0.2) is 24.7 Å². The molecule has 0 atom stereocenters. The van der Waals surface area contributed by atoms with E-state index in [0.717, 1.165) is 0 Å². The number of carbonyl (C=O) groups excluding carboxylic acids is 3. The van der Waals surface area contributed by atoms with Crippen LogP contribution in [0.3, 0.4) is 0 Å². The van der Waals surface area contributed by atoms with Crippen molar-refractivity contribution in [3.05, 3.63) is 58.7 Å². The number of methoxy groups -OCH3 is 2. The summed E-state index contributed by atoms with van der Waals surface area (Å²) in [5.41, 5.74) is 5.53. The summed E-state index contributed by atoms with van der Waals surface area (Å²) in [7, 11) is 2.71. The molecule has 0 saturated carbocycles. The third-order valence-corrected chi connectivity index (χ3v) is 4.65. The Labute approximate surface area is 194 Å². The van der Waals surface area contributed by atoms with Crippen molar-refractivity contribution in [2.24, 2.45) is 5.73 Å². The summed E-state index contributed by atoms with van der Waals surface area (Å²) in [6, 6.07) is 2.93. The molecule has 0 radical (unpaired) electrons. The zero-order valence-corrected chi connectivity index (χ0v) is 19.1. The van der Waals surface area contributed by atoms with Crippen LogP contribution in [0.15, 0.2) is 24.5 Å². The predicted molar refractivity (Wildman–Crippen MR) is 119 cm³/mol. The number of hydrogen-bond donors (Lipinski definition) is 2. The van der Waals surface area contributed by atoms with E-state index in [0.29, 0.717) is 17.2 Å². The van der Waals surface area contributed by atoms with Crippen LogP contribution in [0.2, 0.25) is 0 Å². The Balaban J connectivity index is 2.08. The molecule has 2 heterocycles. The summed E-state index contributed by atoms with van der Waals surface area (Å²) in [5, 5.41) is 2.57. The van der Waals surface area contributed by atoms with Crippen LogP contribution in [-0.2, 0) is 0 Å². The molecule has 176 valence electrons. The molecule has 3 rings (SSSR count). The van der Waals surface area contributed by atoms with E-state index in [4.69, 9.17) is 19.9 Å². The van der Waals surface area contributed by atoms with Crippen LogP contribution in [0.1, 0.15) is 48.5 Å². The third kappa shape index (κ3) is 4.90. The second-order valence-corrected chi connectivity index (χ2v) is 7.01. The van der Waals surface area contributed by atoms with Gasteiger partial charge in [0.2, 0.25) is 0 Å². The van der Waals surface area contributed by atoms with Crippen LogP contribution in [0, 0.1) is 20.8 Å². The SMILES string of the molecule is COc1cnc(C)nc1C(=O)Nc1c(C(N)=O)ccc(C)c1OC(=O)c1nc(C)ncc1OC. The number of aromatic nitrogens is 4. The standard InChI is InChI=1S/C22H22N6O6/c1-10-6-7-13(20(23)29)16(28-21(30)17-14(32-4)8-24-11(2)26-17)19(10)34-22(31)18-15(33-5)9-25-12(3)27-18/h6-9H,1-5H3,(H2,23,29)(H,28,30). The number of nitrogens with two attached hydrogens (primary N) is 1. The van der Waals surface area contributed by atoms with E-state index in [1.165, 1.54) is 38.7 Å². The van der Waals surface area contributed by atoms with Gasteiger partial charge in [-0.1, -0.05) is 6.07 Å². The molecular weight excluding hydrogens is 444 g/mol. The van der Waals surface area contributed by atoms with Gasteiger partial charge < -0.3 is 25.3 Å². The summed E-state index contributed by atoms with van der Waals surface area (Å²) in [6.45, 7) is 4.82. The van der Waals surface area contributed by atoms with Gasteiger partial charge in [0.1, 0.15) is 11.6 Å². The lowest BCUT2D eigenvalue weighted by Gasteiger charge is -2.17. The summed E-state index contributed by atoms with van der Waals surface area (Å²) in [4.78, 5) is 54.3. The predicted octanol–water partition coefficient (Wildman–Crippen LogP) is 1.78. The Bertz CT molecular complexity index is 1290. The quantitative estimate of drug-likeness (QED) is 0.386. The number of aryl methyl sites for hydroxylation is 3. The first-order valence-electron chi connectivity index (χ1n) is 9.88. The van der Waals surface area contributed by atoms with Gasteiger partial charge in [-0.2, -0.15) is 0 Å². The number of benzene rings is 1. The minimum atomic E-state index is -0.891. The number of esters is 1. The normalized spacial score (nSPS) is 10.4. The van der Waals surface area contributed by atoms with E-state index < -0.39 is 17.8 Å². The van der Waals surface area contributed by atoms with Crippen molar-refractivity contribution in [2.75, 3.05) is 19.5 Å². The largest absolute Gasteiger partial charge is 0.493 e. The molecular formula is C22H22N6O6. The van der Waals surface area contributed by atoms with Crippen LogP contribution >= 0.6 is 0 Å².